The SMILES string of the molecule is Cc1cc(Cl)ccc1C[C@H](O)CN1CCN(C[C@@H](O)COc2ccc(Cl)cc2C)CC1. The van der Waals surface area contributed by atoms with Crippen molar-refractivity contribution in [3.63, 3.8) is 0 Å². The van der Waals surface area contributed by atoms with E-state index in [1.807, 2.05) is 44.2 Å². The lowest BCUT2D eigenvalue weighted by Gasteiger charge is -2.36. The third-order valence-corrected chi connectivity index (χ3v) is 6.20. The number of piperazine rings is 1. The first kappa shape index (κ1) is 24.3. The van der Waals surface area contributed by atoms with Crippen LogP contribution in [0.4, 0.5) is 0 Å². The Bertz CT molecular complexity index is 857. The molecule has 2 N–H and O–H groups in total. The standard InChI is InChI=1S/C24H32Cl2N2O3/c1-17-11-20(25)4-3-19(17)13-22(29)14-27-7-9-28(10-8-27)15-23(30)16-31-24-6-5-21(26)12-18(24)2/h3-6,11-12,22-23,29-30H,7-10,13-16H2,1-2H3/t22-,23+/m0/s1. The van der Waals surface area contributed by atoms with Gasteiger partial charge in [-0.25, -0.2) is 0 Å². The summed E-state index contributed by atoms with van der Waals surface area (Å²) in [5.41, 5.74) is 3.21. The number of aryl methyl sites for hydroxylation is 2. The molecule has 0 saturated carbocycles. The summed E-state index contributed by atoms with van der Waals surface area (Å²) in [6.45, 7) is 8.92. The minimum Gasteiger partial charge on any atom is -0.491 e. The monoisotopic (exact) mass is 466 g/mol. The van der Waals surface area contributed by atoms with Gasteiger partial charge in [0.2, 0.25) is 0 Å². The zero-order chi connectivity index (χ0) is 22.4. The van der Waals surface area contributed by atoms with Crippen LogP contribution in [0.15, 0.2) is 36.4 Å². The molecule has 0 unspecified atom stereocenters. The molecule has 2 aromatic rings. The van der Waals surface area contributed by atoms with E-state index in [1.165, 1.54) is 0 Å². The van der Waals surface area contributed by atoms with Crippen molar-refractivity contribution in [3.05, 3.63) is 63.1 Å². The first-order chi connectivity index (χ1) is 14.8. The van der Waals surface area contributed by atoms with Crippen molar-refractivity contribution >= 4 is 23.2 Å². The van der Waals surface area contributed by atoms with Gasteiger partial charge in [-0.2, -0.15) is 0 Å². The molecule has 2 aromatic carbocycles. The van der Waals surface area contributed by atoms with E-state index >= 15 is 0 Å². The van der Waals surface area contributed by atoms with E-state index < -0.39 is 12.2 Å². The van der Waals surface area contributed by atoms with Crippen LogP contribution in [0.1, 0.15) is 16.7 Å². The number of aliphatic hydroxyl groups excluding tert-OH is 2. The third kappa shape index (κ3) is 7.63. The van der Waals surface area contributed by atoms with Crippen LogP contribution in [0.5, 0.6) is 5.75 Å². The Labute approximate surface area is 195 Å². The van der Waals surface area contributed by atoms with Gasteiger partial charge in [-0.1, -0.05) is 29.3 Å². The van der Waals surface area contributed by atoms with Crippen LogP contribution in [-0.4, -0.2) is 78.1 Å². The Morgan fingerprint density at radius 1 is 0.839 bits per heavy atom. The second kappa shape index (κ2) is 11.5. The normalized spacial score (nSPS) is 17.5. The molecular formula is C24H32Cl2N2O3. The van der Waals surface area contributed by atoms with E-state index in [-0.39, 0.29) is 6.61 Å². The van der Waals surface area contributed by atoms with Gasteiger partial charge in [0.15, 0.2) is 0 Å². The van der Waals surface area contributed by atoms with Gasteiger partial charge in [-0.05, 0) is 67.3 Å². The van der Waals surface area contributed by atoms with E-state index in [9.17, 15) is 10.2 Å². The van der Waals surface area contributed by atoms with Crippen LogP contribution in [0.3, 0.4) is 0 Å². The zero-order valence-electron chi connectivity index (χ0n) is 18.2. The van der Waals surface area contributed by atoms with Crippen LogP contribution in [0.2, 0.25) is 10.0 Å². The average molecular weight is 467 g/mol. The maximum atomic E-state index is 10.5. The fourth-order valence-corrected chi connectivity index (χ4v) is 4.42. The Balaban J connectivity index is 1.37. The summed E-state index contributed by atoms with van der Waals surface area (Å²) >= 11 is 12.0. The second-order valence-corrected chi connectivity index (χ2v) is 9.28. The highest BCUT2D eigenvalue weighted by Gasteiger charge is 2.21. The molecule has 31 heavy (non-hydrogen) atoms. The maximum absolute atomic E-state index is 10.5. The first-order valence-corrected chi connectivity index (χ1v) is 11.5. The molecule has 1 heterocycles. The number of ether oxygens (including phenoxy) is 1. The van der Waals surface area contributed by atoms with Crippen molar-refractivity contribution in [1.29, 1.82) is 0 Å². The molecule has 170 valence electrons. The maximum Gasteiger partial charge on any atom is 0.122 e. The van der Waals surface area contributed by atoms with E-state index in [0.29, 0.717) is 24.5 Å². The molecule has 0 aliphatic carbocycles. The highest BCUT2D eigenvalue weighted by Crippen LogP contribution is 2.22. The molecule has 3 rings (SSSR count). The van der Waals surface area contributed by atoms with E-state index in [1.54, 1.807) is 6.07 Å². The summed E-state index contributed by atoms with van der Waals surface area (Å²) in [4.78, 5) is 4.53. The summed E-state index contributed by atoms with van der Waals surface area (Å²) in [5, 5.41) is 22.3. The Hall–Kier alpha value is -1.34. The molecule has 5 nitrogen and oxygen atoms in total. The summed E-state index contributed by atoms with van der Waals surface area (Å²) < 4.78 is 5.76. The molecular weight excluding hydrogens is 435 g/mol. The van der Waals surface area contributed by atoms with Crippen molar-refractivity contribution in [3.8, 4) is 5.75 Å². The molecule has 1 fully saturated rings. The topological polar surface area (TPSA) is 56.2 Å². The van der Waals surface area contributed by atoms with Crippen molar-refractivity contribution in [2.75, 3.05) is 45.9 Å². The molecule has 0 amide bonds. The summed E-state index contributed by atoms with van der Waals surface area (Å²) in [5.74, 6) is 0.748. The van der Waals surface area contributed by atoms with Gasteiger partial charge in [0.1, 0.15) is 18.5 Å². The average Bonchev–Trinajstić information content (AvgIpc) is 2.71. The Kier molecular flexibility index (Phi) is 9.02. The van der Waals surface area contributed by atoms with Gasteiger partial charge in [-0.3, -0.25) is 9.80 Å². The number of benzene rings is 2. The van der Waals surface area contributed by atoms with Gasteiger partial charge >= 0.3 is 0 Å². The predicted molar refractivity (Wildman–Crippen MR) is 126 cm³/mol. The van der Waals surface area contributed by atoms with Crippen molar-refractivity contribution in [2.45, 2.75) is 32.5 Å². The highest BCUT2D eigenvalue weighted by atomic mass is 35.5. The number of hydrogen-bond acceptors (Lipinski definition) is 5. The predicted octanol–water partition coefficient (Wildman–Crippen LogP) is 3.57. The lowest BCUT2D eigenvalue weighted by molar-refractivity contribution is 0.0333. The van der Waals surface area contributed by atoms with Crippen LogP contribution < -0.4 is 4.74 Å². The van der Waals surface area contributed by atoms with Crippen molar-refractivity contribution in [1.82, 2.24) is 9.80 Å². The number of nitrogens with zero attached hydrogens (tertiary/aromatic N) is 2. The Morgan fingerprint density at radius 3 is 1.97 bits per heavy atom. The Morgan fingerprint density at radius 2 is 1.39 bits per heavy atom. The minimum atomic E-state index is -0.555. The van der Waals surface area contributed by atoms with Gasteiger partial charge in [0, 0.05) is 49.3 Å². The molecule has 0 aromatic heterocycles. The molecule has 1 aliphatic heterocycles. The molecule has 0 spiro atoms. The second-order valence-electron chi connectivity index (χ2n) is 8.40. The smallest absolute Gasteiger partial charge is 0.122 e. The number of halogens is 2. The molecule has 0 bridgehead atoms. The van der Waals surface area contributed by atoms with Gasteiger partial charge < -0.3 is 14.9 Å². The lowest BCUT2D eigenvalue weighted by Crippen LogP contribution is -2.50. The van der Waals surface area contributed by atoms with Gasteiger partial charge in [0.25, 0.3) is 0 Å². The number of hydrogen-bond donors (Lipinski definition) is 2. The van der Waals surface area contributed by atoms with Crippen LogP contribution >= 0.6 is 23.2 Å². The van der Waals surface area contributed by atoms with Crippen molar-refractivity contribution < 1.29 is 14.9 Å². The lowest BCUT2D eigenvalue weighted by atomic mass is 10.0. The fourth-order valence-electron chi connectivity index (χ4n) is 3.97. The van der Waals surface area contributed by atoms with E-state index in [2.05, 4.69) is 9.80 Å². The minimum absolute atomic E-state index is 0.252. The first-order valence-electron chi connectivity index (χ1n) is 10.7. The molecule has 7 heteroatoms. The van der Waals surface area contributed by atoms with Gasteiger partial charge in [0.05, 0.1) is 6.10 Å². The number of aliphatic hydroxyl groups is 2. The fraction of sp³-hybridized carbons (Fsp3) is 0.500. The largest absolute Gasteiger partial charge is 0.491 e. The summed E-state index contributed by atoms with van der Waals surface area (Å²) in [7, 11) is 0. The zero-order valence-corrected chi connectivity index (χ0v) is 19.7. The van der Waals surface area contributed by atoms with E-state index in [0.717, 1.165) is 53.6 Å². The third-order valence-electron chi connectivity index (χ3n) is 5.73. The molecule has 0 radical (unpaired) electrons. The van der Waals surface area contributed by atoms with Crippen molar-refractivity contribution in [2.24, 2.45) is 0 Å². The molecule has 1 aliphatic rings. The summed E-state index contributed by atoms with van der Waals surface area (Å²) in [6.07, 6.45) is -0.336. The molecule has 1 saturated heterocycles. The highest BCUT2D eigenvalue weighted by molar-refractivity contribution is 6.30. The van der Waals surface area contributed by atoms with Gasteiger partial charge in [-0.15, -0.1) is 0 Å². The number of β-amino-alcohol motifs (C(OH)–C–C–N with tert-alkyl or cyclic N) is 2. The van der Waals surface area contributed by atoms with Crippen LogP contribution in [0.25, 0.3) is 0 Å². The number of rotatable bonds is 9. The van der Waals surface area contributed by atoms with E-state index in [4.69, 9.17) is 27.9 Å². The molecule has 2 atom stereocenters. The summed E-state index contributed by atoms with van der Waals surface area (Å²) in [6, 6.07) is 11.3. The van der Waals surface area contributed by atoms with Crippen LogP contribution in [-0.2, 0) is 6.42 Å². The van der Waals surface area contributed by atoms with Crippen LogP contribution in [0, 0.1) is 13.8 Å². The quantitative estimate of drug-likeness (QED) is 0.591.